The highest BCUT2D eigenvalue weighted by atomic mass is 35.5. The molecule has 1 aromatic carbocycles. The molecule has 1 amide bonds. The SMILES string of the molecule is Cc1ccc(Cl)c(OC2(C(N)=O)CCCCC2)c1. The number of hydrogen-bond acceptors (Lipinski definition) is 2. The second kappa shape index (κ2) is 5.19. The largest absolute Gasteiger partial charge is 0.476 e. The van der Waals surface area contributed by atoms with Crippen LogP contribution in [0.25, 0.3) is 0 Å². The van der Waals surface area contributed by atoms with Crippen molar-refractivity contribution in [2.24, 2.45) is 5.73 Å². The molecule has 0 atom stereocenters. The molecular formula is C14H18ClNO2. The molecular weight excluding hydrogens is 250 g/mol. The summed E-state index contributed by atoms with van der Waals surface area (Å²) in [4.78, 5) is 11.7. The summed E-state index contributed by atoms with van der Waals surface area (Å²) in [6.07, 6.45) is 4.40. The Bertz CT molecular complexity index is 453. The third-order valence-electron chi connectivity index (χ3n) is 3.50. The number of carbonyl (C=O) groups is 1. The predicted octanol–water partition coefficient (Wildman–Crippen LogP) is 3.22. The van der Waals surface area contributed by atoms with Gasteiger partial charge < -0.3 is 10.5 Å². The number of carbonyl (C=O) groups excluding carboxylic acids is 1. The molecule has 1 aromatic rings. The summed E-state index contributed by atoms with van der Waals surface area (Å²) in [5.41, 5.74) is 5.70. The molecule has 18 heavy (non-hydrogen) atoms. The highest BCUT2D eigenvalue weighted by Gasteiger charge is 2.40. The lowest BCUT2D eigenvalue weighted by Crippen LogP contribution is -2.50. The molecule has 0 aromatic heterocycles. The van der Waals surface area contributed by atoms with Gasteiger partial charge in [-0.1, -0.05) is 24.1 Å². The average Bonchev–Trinajstić information content (AvgIpc) is 2.35. The Kier molecular flexibility index (Phi) is 3.81. The molecule has 98 valence electrons. The van der Waals surface area contributed by atoms with E-state index in [0.29, 0.717) is 23.6 Å². The maximum atomic E-state index is 11.7. The van der Waals surface area contributed by atoms with Gasteiger partial charge in [0.25, 0.3) is 5.91 Å². The highest BCUT2D eigenvalue weighted by molar-refractivity contribution is 6.32. The van der Waals surface area contributed by atoms with Crippen LogP contribution in [0, 0.1) is 6.92 Å². The molecule has 4 heteroatoms. The van der Waals surface area contributed by atoms with Gasteiger partial charge in [-0.25, -0.2) is 0 Å². The summed E-state index contributed by atoms with van der Waals surface area (Å²) in [5, 5.41) is 0.520. The fourth-order valence-corrected chi connectivity index (χ4v) is 2.58. The van der Waals surface area contributed by atoms with E-state index in [2.05, 4.69) is 0 Å². The lowest BCUT2D eigenvalue weighted by molar-refractivity contribution is -0.136. The fourth-order valence-electron chi connectivity index (χ4n) is 2.42. The van der Waals surface area contributed by atoms with Crippen LogP contribution in [0.4, 0.5) is 0 Å². The second-order valence-corrected chi connectivity index (χ2v) is 5.36. The summed E-state index contributed by atoms with van der Waals surface area (Å²) in [5.74, 6) is 0.164. The van der Waals surface area contributed by atoms with Crippen LogP contribution in [0.15, 0.2) is 18.2 Å². The van der Waals surface area contributed by atoms with E-state index in [1.165, 1.54) is 0 Å². The number of primary amides is 1. The van der Waals surface area contributed by atoms with E-state index in [-0.39, 0.29) is 5.91 Å². The number of nitrogens with two attached hydrogens (primary N) is 1. The average molecular weight is 268 g/mol. The van der Waals surface area contributed by atoms with Gasteiger partial charge in [0.05, 0.1) is 5.02 Å². The topological polar surface area (TPSA) is 52.3 Å². The van der Waals surface area contributed by atoms with Crippen LogP contribution in [-0.4, -0.2) is 11.5 Å². The molecule has 2 rings (SSSR count). The molecule has 2 N–H and O–H groups in total. The van der Waals surface area contributed by atoms with Gasteiger partial charge in [-0.3, -0.25) is 4.79 Å². The predicted molar refractivity (Wildman–Crippen MR) is 71.8 cm³/mol. The van der Waals surface area contributed by atoms with Crippen molar-refractivity contribution in [2.75, 3.05) is 0 Å². The normalized spacial score (nSPS) is 18.3. The minimum Gasteiger partial charge on any atom is -0.476 e. The van der Waals surface area contributed by atoms with E-state index in [4.69, 9.17) is 22.1 Å². The van der Waals surface area contributed by atoms with E-state index >= 15 is 0 Å². The van der Waals surface area contributed by atoms with Crippen molar-refractivity contribution < 1.29 is 9.53 Å². The minimum atomic E-state index is -0.879. The number of halogens is 1. The smallest absolute Gasteiger partial charge is 0.261 e. The van der Waals surface area contributed by atoms with Crippen molar-refractivity contribution in [1.82, 2.24) is 0 Å². The van der Waals surface area contributed by atoms with Crippen LogP contribution in [0.5, 0.6) is 5.75 Å². The molecule has 0 bridgehead atoms. The Labute approximate surface area is 112 Å². The number of aryl methyl sites for hydroxylation is 1. The van der Waals surface area contributed by atoms with Crippen molar-refractivity contribution >= 4 is 17.5 Å². The minimum absolute atomic E-state index is 0.389. The van der Waals surface area contributed by atoms with Gasteiger partial charge in [0.1, 0.15) is 5.75 Å². The molecule has 1 saturated carbocycles. The maximum Gasteiger partial charge on any atom is 0.261 e. The van der Waals surface area contributed by atoms with E-state index in [1.54, 1.807) is 6.07 Å². The Hall–Kier alpha value is -1.22. The molecule has 0 unspecified atom stereocenters. The first-order valence-electron chi connectivity index (χ1n) is 6.29. The summed E-state index contributed by atoms with van der Waals surface area (Å²) >= 11 is 6.10. The first kappa shape index (κ1) is 13.2. The zero-order chi connectivity index (χ0) is 13.2. The highest BCUT2D eigenvalue weighted by Crippen LogP contribution is 2.36. The van der Waals surface area contributed by atoms with Crippen LogP contribution >= 0.6 is 11.6 Å². The van der Waals surface area contributed by atoms with Gasteiger partial charge in [-0.15, -0.1) is 0 Å². The summed E-state index contributed by atoms with van der Waals surface area (Å²) < 4.78 is 5.91. The monoisotopic (exact) mass is 267 g/mol. The zero-order valence-corrected chi connectivity index (χ0v) is 11.3. The third-order valence-corrected chi connectivity index (χ3v) is 3.81. The van der Waals surface area contributed by atoms with E-state index < -0.39 is 5.60 Å². The standard InChI is InChI=1S/C14H18ClNO2/c1-10-5-6-11(15)12(9-10)18-14(13(16)17)7-3-2-4-8-14/h5-6,9H,2-4,7-8H2,1H3,(H2,16,17). The summed E-state index contributed by atoms with van der Waals surface area (Å²) in [6, 6.07) is 5.54. The Morgan fingerprint density at radius 3 is 2.61 bits per heavy atom. The van der Waals surface area contributed by atoms with Crippen molar-refractivity contribution in [3.63, 3.8) is 0 Å². The van der Waals surface area contributed by atoms with Crippen LogP contribution in [-0.2, 0) is 4.79 Å². The summed E-state index contributed by atoms with van der Waals surface area (Å²) in [6.45, 7) is 1.96. The second-order valence-electron chi connectivity index (χ2n) is 4.96. The van der Waals surface area contributed by atoms with Gasteiger partial charge in [0, 0.05) is 0 Å². The lowest BCUT2D eigenvalue weighted by atomic mass is 9.84. The lowest BCUT2D eigenvalue weighted by Gasteiger charge is -2.35. The molecule has 0 heterocycles. The van der Waals surface area contributed by atoms with E-state index in [0.717, 1.165) is 24.8 Å². The van der Waals surface area contributed by atoms with Crippen LogP contribution < -0.4 is 10.5 Å². The Morgan fingerprint density at radius 2 is 2.00 bits per heavy atom. The van der Waals surface area contributed by atoms with Gasteiger partial charge >= 0.3 is 0 Å². The van der Waals surface area contributed by atoms with Crippen LogP contribution in [0.2, 0.25) is 5.02 Å². The molecule has 3 nitrogen and oxygen atoms in total. The number of ether oxygens (including phenoxy) is 1. The molecule has 1 aliphatic carbocycles. The number of benzene rings is 1. The Balaban J connectivity index is 2.28. The molecule has 0 spiro atoms. The molecule has 0 saturated heterocycles. The van der Waals surface area contributed by atoms with Crippen molar-refractivity contribution in [1.29, 1.82) is 0 Å². The quantitative estimate of drug-likeness (QED) is 0.914. The third kappa shape index (κ3) is 2.61. The maximum absolute atomic E-state index is 11.7. The van der Waals surface area contributed by atoms with Gasteiger partial charge in [0.15, 0.2) is 5.60 Å². The first-order chi connectivity index (χ1) is 8.53. The van der Waals surface area contributed by atoms with Crippen LogP contribution in [0.1, 0.15) is 37.7 Å². The molecule has 0 aliphatic heterocycles. The van der Waals surface area contributed by atoms with Gasteiger partial charge in [-0.2, -0.15) is 0 Å². The van der Waals surface area contributed by atoms with Crippen LogP contribution in [0.3, 0.4) is 0 Å². The number of amides is 1. The van der Waals surface area contributed by atoms with Gasteiger partial charge in [0.2, 0.25) is 0 Å². The zero-order valence-electron chi connectivity index (χ0n) is 10.5. The van der Waals surface area contributed by atoms with E-state index in [9.17, 15) is 4.79 Å². The number of rotatable bonds is 3. The van der Waals surface area contributed by atoms with Crippen molar-refractivity contribution in [3.05, 3.63) is 28.8 Å². The van der Waals surface area contributed by atoms with Crippen molar-refractivity contribution in [3.8, 4) is 5.75 Å². The first-order valence-corrected chi connectivity index (χ1v) is 6.66. The summed E-state index contributed by atoms with van der Waals surface area (Å²) in [7, 11) is 0. The fraction of sp³-hybridized carbons (Fsp3) is 0.500. The van der Waals surface area contributed by atoms with Crippen molar-refractivity contribution in [2.45, 2.75) is 44.6 Å². The van der Waals surface area contributed by atoms with E-state index in [1.807, 2.05) is 19.1 Å². The van der Waals surface area contributed by atoms with Gasteiger partial charge in [-0.05, 0) is 50.3 Å². The molecule has 1 aliphatic rings. The Morgan fingerprint density at radius 1 is 1.33 bits per heavy atom. The molecule has 0 radical (unpaired) electrons. The molecule has 1 fully saturated rings. The number of hydrogen-bond donors (Lipinski definition) is 1.